The van der Waals surface area contributed by atoms with E-state index in [1.165, 1.54) is 24.3 Å². The van der Waals surface area contributed by atoms with E-state index in [0.717, 1.165) is 36.6 Å². The first kappa shape index (κ1) is 23.5. The number of rotatable bonds is 7. The number of amides is 3. The van der Waals surface area contributed by atoms with Crippen LogP contribution in [-0.4, -0.2) is 65.2 Å². The van der Waals surface area contributed by atoms with Gasteiger partial charge < -0.3 is 20.1 Å². The van der Waals surface area contributed by atoms with Gasteiger partial charge in [0.15, 0.2) is 0 Å². The molecule has 0 aliphatic carbocycles. The Labute approximate surface area is 197 Å². The number of nitrogens with zero attached hydrogens (tertiary/aromatic N) is 2. The van der Waals surface area contributed by atoms with E-state index in [0.29, 0.717) is 17.1 Å². The van der Waals surface area contributed by atoms with Crippen LogP contribution in [-0.2, 0) is 10.3 Å². The minimum Gasteiger partial charge on any atom is -0.490 e. The van der Waals surface area contributed by atoms with Crippen molar-refractivity contribution < 1.29 is 23.8 Å². The zero-order valence-electron chi connectivity index (χ0n) is 18.3. The van der Waals surface area contributed by atoms with Crippen molar-refractivity contribution in [3.8, 4) is 5.75 Å². The molecule has 3 amide bonds. The molecule has 2 saturated heterocycles. The minimum atomic E-state index is -1.29. The lowest BCUT2D eigenvalue weighted by Crippen LogP contribution is -2.46. The maximum Gasteiger partial charge on any atom is 0.325 e. The van der Waals surface area contributed by atoms with E-state index >= 15 is 0 Å². The Morgan fingerprint density at radius 2 is 1.76 bits per heavy atom. The van der Waals surface area contributed by atoms with Crippen LogP contribution in [0.25, 0.3) is 0 Å². The van der Waals surface area contributed by atoms with Crippen LogP contribution in [0, 0.1) is 5.82 Å². The number of likely N-dealkylation sites (tertiary alicyclic amines) is 1. The van der Waals surface area contributed by atoms with E-state index in [1.807, 2.05) is 12.1 Å². The maximum atomic E-state index is 13.3. The molecule has 2 heterocycles. The Bertz CT molecular complexity index is 996. The Kier molecular flexibility index (Phi) is 6.88. The van der Waals surface area contributed by atoms with Crippen molar-refractivity contribution in [2.45, 2.75) is 37.5 Å². The molecule has 2 fully saturated rings. The fourth-order valence-corrected chi connectivity index (χ4v) is 4.45. The zero-order valence-corrected chi connectivity index (χ0v) is 19.1. The van der Waals surface area contributed by atoms with Crippen LogP contribution in [0.1, 0.15) is 25.3 Å². The second kappa shape index (κ2) is 9.67. The van der Waals surface area contributed by atoms with E-state index in [1.54, 1.807) is 19.1 Å². The Hall–Kier alpha value is -2.68. The van der Waals surface area contributed by atoms with Crippen molar-refractivity contribution in [3.05, 3.63) is 64.9 Å². The van der Waals surface area contributed by atoms with Crippen molar-refractivity contribution in [3.63, 3.8) is 0 Å². The number of halogens is 2. The number of carbonyl (C=O) groups excluding carboxylic acids is 2. The van der Waals surface area contributed by atoms with E-state index < -0.39 is 29.4 Å². The number of hydrogen-bond donors (Lipinski definition) is 2. The van der Waals surface area contributed by atoms with Gasteiger partial charge in [0.2, 0.25) is 0 Å². The number of β-amino-alcohol motifs (C(OH)–C–C–N with tert-alkyl or cyclic N) is 1. The van der Waals surface area contributed by atoms with Gasteiger partial charge in [-0.05, 0) is 61.7 Å². The average Bonchev–Trinajstić information content (AvgIpc) is 3.01. The van der Waals surface area contributed by atoms with Crippen LogP contribution in [0.15, 0.2) is 48.5 Å². The SMILES string of the molecule is CC1(c2ccc(F)cc2)NC(=O)N(CC(O)CN2CCC(Oc3ccc(Cl)cc3)CC2)C1=O. The maximum absolute atomic E-state index is 13.3. The molecule has 0 saturated carbocycles. The first-order valence-electron chi connectivity index (χ1n) is 11.0. The molecule has 33 heavy (non-hydrogen) atoms. The summed E-state index contributed by atoms with van der Waals surface area (Å²) in [6.07, 6.45) is 0.813. The number of benzene rings is 2. The number of piperidine rings is 1. The van der Waals surface area contributed by atoms with E-state index in [2.05, 4.69) is 10.2 Å². The highest BCUT2D eigenvalue weighted by atomic mass is 35.5. The van der Waals surface area contributed by atoms with Gasteiger partial charge in [0.1, 0.15) is 23.2 Å². The van der Waals surface area contributed by atoms with Crippen LogP contribution in [0.2, 0.25) is 5.02 Å². The number of aliphatic hydroxyl groups is 1. The molecule has 4 rings (SSSR count). The summed E-state index contributed by atoms with van der Waals surface area (Å²) in [5.74, 6) is -0.109. The predicted molar refractivity (Wildman–Crippen MR) is 122 cm³/mol. The molecule has 2 aliphatic rings. The molecule has 2 unspecified atom stereocenters. The summed E-state index contributed by atoms with van der Waals surface area (Å²) in [6, 6.07) is 12.1. The molecule has 0 aromatic heterocycles. The Morgan fingerprint density at radius 1 is 1.12 bits per heavy atom. The summed E-state index contributed by atoms with van der Waals surface area (Å²) in [7, 11) is 0. The number of hydrogen-bond acceptors (Lipinski definition) is 5. The van der Waals surface area contributed by atoms with E-state index in [4.69, 9.17) is 16.3 Å². The average molecular weight is 476 g/mol. The third-order valence-corrected chi connectivity index (χ3v) is 6.46. The molecule has 0 bridgehead atoms. The molecule has 2 N–H and O–H groups in total. The Balaban J connectivity index is 1.28. The van der Waals surface area contributed by atoms with Gasteiger partial charge >= 0.3 is 6.03 Å². The van der Waals surface area contributed by atoms with Gasteiger partial charge in [-0.3, -0.25) is 9.69 Å². The number of carbonyl (C=O) groups is 2. The summed E-state index contributed by atoms with van der Waals surface area (Å²) in [4.78, 5) is 28.6. The van der Waals surface area contributed by atoms with Crippen LogP contribution in [0.5, 0.6) is 5.75 Å². The van der Waals surface area contributed by atoms with Gasteiger partial charge in [0, 0.05) is 24.7 Å². The fourth-order valence-electron chi connectivity index (χ4n) is 4.32. The molecule has 0 radical (unpaired) electrons. The molecule has 9 heteroatoms. The smallest absolute Gasteiger partial charge is 0.325 e. The monoisotopic (exact) mass is 475 g/mol. The minimum absolute atomic E-state index is 0.0851. The molecule has 176 valence electrons. The highest BCUT2D eigenvalue weighted by molar-refractivity contribution is 6.30. The Morgan fingerprint density at radius 3 is 2.39 bits per heavy atom. The van der Waals surface area contributed by atoms with Gasteiger partial charge in [0.25, 0.3) is 5.91 Å². The molecule has 2 aliphatic heterocycles. The van der Waals surface area contributed by atoms with Crippen LogP contribution in [0.3, 0.4) is 0 Å². The molecule has 2 atom stereocenters. The molecule has 0 spiro atoms. The molecular formula is C24H27ClFN3O4. The fraction of sp³-hybridized carbons (Fsp3) is 0.417. The summed E-state index contributed by atoms with van der Waals surface area (Å²) >= 11 is 5.90. The molecule has 7 nitrogen and oxygen atoms in total. The highest BCUT2D eigenvalue weighted by Gasteiger charge is 2.49. The van der Waals surface area contributed by atoms with Crippen LogP contribution >= 0.6 is 11.6 Å². The van der Waals surface area contributed by atoms with Crippen LogP contribution in [0.4, 0.5) is 9.18 Å². The topological polar surface area (TPSA) is 82.1 Å². The third kappa shape index (κ3) is 5.29. The first-order valence-corrected chi connectivity index (χ1v) is 11.4. The summed E-state index contributed by atoms with van der Waals surface area (Å²) in [6.45, 7) is 3.30. The van der Waals surface area contributed by atoms with Crippen molar-refractivity contribution in [2.24, 2.45) is 0 Å². The van der Waals surface area contributed by atoms with E-state index in [9.17, 15) is 19.1 Å². The number of imide groups is 1. The van der Waals surface area contributed by atoms with Gasteiger partial charge in [-0.1, -0.05) is 23.7 Å². The van der Waals surface area contributed by atoms with Crippen molar-refractivity contribution in [1.29, 1.82) is 0 Å². The number of ether oxygens (including phenoxy) is 1. The summed E-state index contributed by atoms with van der Waals surface area (Å²) in [5, 5.41) is 13.9. The molecule has 2 aromatic rings. The van der Waals surface area contributed by atoms with Crippen LogP contribution < -0.4 is 10.1 Å². The zero-order chi connectivity index (χ0) is 23.6. The first-order chi connectivity index (χ1) is 15.7. The lowest BCUT2D eigenvalue weighted by Gasteiger charge is -2.33. The quantitative estimate of drug-likeness (QED) is 0.601. The van der Waals surface area contributed by atoms with Crippen molar-refractivity contribution in [2.75, 3.05) is 26.2 Å². The lowest BCUT2D eigenvalue weighted by atomic mass is 9.92. The lowest BCUT2D eigenvalue weighted by molar-refractivity contribution is -0.132. The number of nitrogens with one attached hydrogen (secondary N) is 1. The third-order valence-electron chi connectivity index (χ3n) is 6.21. The standard InChI is InChI=1S/C24H27ClFN3O4/c1-24(16-2-6-18(26)7-3-16)22(31)29(23(32)27-24)15-19(30)14-28-12-10-21(11-13-28)33-20-8-4-17(25)5-9-20/h2-9,19,21,30H,10-15H2,1H3,(H,27,32). The van der Waals surface area contributed by atoms with Crippen molar-refractivity contribution in [1.82, 2.24) is 15.1 Å². The molecular weight excluding hydrogens is 449 g/mol. The van der Waals surface area contributed by atoms with Gasteiger partial charge in [0.05, 0.1) is 12.6 Å². The highest BCUT2D eigenvalue weighted by Crippen LogP contribution is 2.29. The largest absolute Gasteiger partial charge is 0.490 e. The van der Waals surface area contributed by atoms with Crippen molar-refractivity contribution >= 4 is 23.5 Å². The predicted octanol–water partition coefficient (Wildman–Crippen LogP) is 3.15. The normalized spacial score (nSPS) is 23.0. The second-order valence-corrected chi connectivity index (χ2v) is 9.14. The second-order valence-electron chi connectivity index (χ2n) is 8.70. The van der Waals surface area contributed by atoms with Gasteiger partial charge in [-0.25, -0.2) is 9.18 Å². The number of urea groups is 1. The molecule has 2 aromatic carbocycles. The summed E-state index contributed by atoms with van der Waals surface area (Å²) < 4.78 is 19.3. The van der Waals surface area contributed by atoms with Gasteiger partial charge in [-0.15, -0.1) is 0 Å². The number of aliphatic hydroxyl groups excluding tert-OH is 1. The van der Waals surface area contributed by atoms with E-state index in [-0.39, 0.29) is 12.6 Å². The summed E-state index contributed by atoms with van der Waals surface area (Å²) in [5.41, 5.74) is -0.802. The van der Waals surface area contributed by atoms with Gasteiger partial charge in [-0.2, -0.15) is 0 Å².